The molecule has 152 valence electrons. The number of fused-ring (bicyclic) bond motifs is 1. The summed E-state index contributed by atoms with van der Waals surface area (Å²) in [5, 5.41) is 5.78. The summed E-state index contributed by atoms with van der Waals surface area (Å²) in [4.78, 5) is 40.6. The Morgan fingerprint density at radius 3 is 2.59 bits per heavy atom. The lowest BCUT2D eigenvalue weighted by Crippen LogP contribution is -2.22. The standard InChI is InChI=1S/C22H26N4O3/c1-2-5-21(28)24-17-8-3-7-16(12-17)14-23-20(27)9-4-6-15-10-11-18-19(13-15)26-22(29)25-18/h3,7-8,10-13H,2,4-6,9,14H2,1H3,(H,23,27)(H,24,28)(H2,25,26,29). The molecule has 0 atom stereocenters. The number of carbonyl (C=O) groups is 2. The van der Waals surface area contributed by atoms with E-state index in [1.807, 2.05) is 49.4 Å². The summed E-state index contributed by atoms with van der Waals surface area (Å²) >= 11 is 0. The molecule has 1 heterocycles. The summed E-state index contributed by atoms with van der Waals surface area (Å²) < 4.78 is 0. The van der Waals surface area contributed by atoms with E-state index in [0.717, 1.165) is 47.1 Å². The van der Waals surface area contributed by atoms with Crippen LogP contribution < -0.4 is 16.3 Å². The highest BCUT2D eigenvalue weighted by Gasteiger charge is 2.05. The van der Waals surface area contributed by atoms with Gasteiger partial charge in [-0.1, -0.05) is 25.1 Å². The smallest absolute Gasteiger partial charge is 0.323 e. The van der Waals surface area contributed by atoms with Crippen molar-refractivity contribution in [3.05, 3.63) is 64.1 Å². The highest BCUT2D eigenvalue weighted by Crippen LogP contribution is 2.13. The van der Waals surface area contributed by atoms with Crippen LogP contribution in [0.3, 0.4) is 0 Å². The summed E-state index contributed by atoms with van der Waals surface area (Å²) in [5.41, 5.74) is 4.11. The predicted molar refractivity (Wildman–Crippen MR) is 114 cm³/mol. The Kier molecular flexibility index (Phi) is 6.84. The number of amides is 2. The number of carbonyl (C=O) groups excluding carboxylic acids is 2. The van der Waals surface area contributed by atoms with Gasteiger partial charge in [0.2, 0.25) is 11.8 Å². The molecule has 3 rings (SSSR count). The van der Waals surface area contributed by atoms with Crippen LogP contribution >= 0.6 is 0 Å². The first-order valence-corrected chi connectivity index (χ1v) is 9.90. The van der Waals surface area contributed by atoms with E-state index in [9.17, 15) is 14.4 Å². The van der Waals surface area contributed by atoms with Crippen LogP contribution in [0.2, 0.25) is 0 Å². The Morgan fingerprint density at radius 1 is 0.931 bits per heavy atom. The van der Waals surface area contributed by atoms with Crippen molar-refractivity contribution in [2.75, 3.05) is 5.32 Å². The maximum atomic E-state index is 12.1. The number of aryl methyl sites for hydroxylation is 1. The average molecular weight is 394 g/mol. The van der Waals surface area contributed by atoms with Crippen LogP contribution in [-0.4, -0.2) is 21.8 Å². The third kappa shape index (κ3) is 6.07. The van der Waals surface area contributed by atoms with Crippen LogP contribution in [0.1, 0.15) is 43.7 Å². The minimum atomic E-state index is -0.217. The van der Waals surface area contributed by atoms with E-state index in [1.54, 1.807) is 0 Å². The van der Waals surface area contributed by atoms with Crippen molar-refractivity contribution in [1.29, 1.82) is 0 Å². The zero-order chi connectivity index (χ0) is 20.6. The van der Waals surface area contributed by atoms with Gasteiger partial charge in [-0.05, 0) is 54.7 Å². The molecule has 7 nitrogen and oxygen atoms in total. The fraction of sp³-hybridized carbons (Fsp3) is 0.318. The maximum absolute atomic E-state index is 12.1. The van der Waals surface area contributed by atoms with Gasteiger partial charge in [-0.25, -0.2) is 4.79 Å². The second-order valence-electron chi connectivity index (χ2n) is 7.09. The van der Waals surface area contributed by atoms with Crippen molar-refractivity contribution in [3.63, 3.8) is 0 Å². The normalized spacial score (nSPS) is 10.8. The van der Waals surface area contributed by atoms with Gasteiger partial charge in [-0.3, -0.25) is 9.59 Å². The second-order valence-corrected chi connectivity index (χ2v) is 7.09. The average Bonchev–Trinajstić information content (AvgIpc) is 3.06. The van der Waals surface area contributed by atoms with Crippen molar-refractivity contribution in [3.8, 4) is 0 Å². The molecule has 0 unspecified atom stereocenters. The molecule has 0 fully saturated rings. The molecular weight excluding hydrogens is 368 g/mol. The third-order valence-corrected chi connectivity index (χ3v) is 4.63. The number of imidazole rings is 1. The SMILES string of the molecule is CCCC(=O)Nc1cccc(CNC(=O)CCCc2ccc3[nH]c(=O)[nH]c3c2)c1. The quantitative estimate of drug-likeness (QED) is 0.447. The molecule has 0 spiro atoms. The zero-order valence-electron chi connectivity index (χ0n) is 16.5. The molecule has 1 aromatic heterocycles. The first kappa shape index (κ1) is 20.4. The first-order chi connectivity index (χ1) is 14.0. The van der Waals surface area contributed by atoms with Gasteiger partial charge in [-0.2, -0.15) is 0 Å². The van der Waals surface area contributed by atoms with Crippen molar-refractivity contribution in [2.24, 2.45) is 0 Å². The highest BCUT2D eigenvalue weighted by atomic mass is 16.2. The van der Waals surface area contributed by atoms with E-state index in [2.05, 4.69) is 20.6 Å². The number of anilines is 1. The molecule has 0 bridgehead atoms. The summed E-state index contributed by atoms with van der Waals surface area (Å²) in [5.74, 6) is -0.0165. The Morgan fingerprint density at radius 2 is 1.76 bits per heavy atom. The second kappa shape index (κ2) is 9.73. The van der Waals surface area contributed by atoms with E-state index < -0.39 is 0 Å². The van der Waals surface area contributed by atoms with Crippen LogP contribution in [0, 0.1) is 0 Å². The molecule has 2 amide bonds. The topological polar surface area (TPSA) is 107 Å². The van der Waals surface area contributed by atoms with Gasteiger partial charge in [-0.15, -0.1) is 0 Å². The van der Waals surface area contributed by atoms with Crippen molar-refractivity contribution in [2.45, 2.75) is 45.6 Å². The highest BCUT2D eigenvalue weighted by molar-refractivity contribution is 5.90. The van der Waals surface area contributed by atoms with Gasteiger partial charge in [0.1, 0.15) is 0 Å². The fourth-order valence-electron chi connectivity index (χ4n) is 3.19. The van der Waals surface area contributed by atoms with E-state index in [1.165, 1.54) is 0 Å². The lowest BCUT2D eigenvalue weighted by molar-refractivity contribution is -0.121. The number of hydrogen-bond acceptors (Lipinski definition) is 3. The molecule has 0 aliphatic rings. The Hall–Kier alpha value is -3.35. The number of rotatable bonds is 9. The van der Waals surface area contributed by atoms with Crippen LogP contribution in [0.25, 0.3) is 11.0 Å². The lowest BCUT2D eigenvalue weighted by Gasteiger charge is -2.09. The summed E-state index contributed by atoms with van der Waals surface area (Å²) in [6.45, 7) is 2.39. The number of nitrogens with one attached hydrogen (secondary N) is 4. The number of benzene rings is 2. The zero-order valence-corrected chi connectivity index (χ0v) is 16.5. The van der Waals surface area contributed by atoms with Gasteiger partial charge in [0.05, 0.1) is 11.0 Å². The molecule has 0 radical (unpaired) electrons. The Labute approximate surface area is 168 Å². The van der Waals surface area contributed by atoms with Gasteiger partial charge >= 0.3 is 5.69 Å². The summed E-state index contributed by atoms with van der Waals surface area (Å²) in [6, 6.07) is 13.3. The first-order valence-electron chi connectivity index (χ1n) is 9.90. The Bertz CT molecular complexity index is 1050. The molecule has 0 saturated heterocycles. The molecule has 0 saturated carbocycles. The molecule has 2 aromatic carbocycles. The van der Waals surface area contributed by atoms with Crippen molar-refractivity contribution < 1.29 is 9.59 Å². The van der Waals surface area contributed by atoms with Gasteiger partial charge in [0, 0.05) is 25.1 Å². The molecule has 4 N–H and O–H groups in total. The number of hydrogen-bond donors (Lipinski definition) is 4. The fourth-order valence-corrected chi connectivity index (χ4v) is 3.19. The largest absolute Gasteiger partial charge is 0.352 e. The van der Waals surface area contributed by atoms with E-state index in [-0.39, 0.29) is 17.5 Å². The summed E-state index contributed by atoms with van der Waals surface area (Å²) in [7, 11) is 0. The predicted octanol–water partition coefficient (Wildman–Crippen LogP) is 3.23. The third-order valence-electron chi connectivity index (χ3n) is 4.63. The number of aromatic nitrogens is 2. The number of aromatic amines is 2. The minimum Gasteiger partial charge on any atom is -0.352 e. The Balaban J connectivity index is 1.43. The maximum Gasteiger partial charge on any atom is 0.323 e. The minimum absolute atomic E-state index is 0.00409. The van der Waals surface area contributed by atoms with E-state index in [4.69, 9.17) is 0 Å². The molecule has 3 aromatic rings. The van der Waals surface area contributed by atoms with Crippen LogP contribution in [0.15, 0.2) is 47.3 Å². The number of H-pyrrole nitrogens is 2. The van der Waals surface area contributed by atoms with Gasteiger partial charge < -0.3 is 20.6 Å². The van der Waals surface area contributed by atoms with Gasteiger partial charge in [0.25, 0.3) is 0 Å². The lowest BCUT2D eigenvalue weighted by atomic mass is 10.1. The molecule has 0 aliphatic heterocycles. The molecule has 7 heteroatoms. The van der Waals surface area contributed by atoms with Crippen LogP contribution in [-0.2, 0) is 22.6 Å². The molecule has 29 heavy (non-hydrogen) atoms. The van der Waals surface area contributed by atoms with Crippen LogP contribution in [0.5, 0.6) is 0 Å². The molecule has 0 aliphatic carbocycles. The monoisotopic (exact) mass is 394 g/mol. The summed E-state index contributed by atoms with van der Waals surface area (Å²) in [6.07, 6.45) is 3.20. The van der Waals surface area contributed by atoms with E-state index in [0.29, 0.717) is 19.4 Å². The van der Waals surface area contributed by atoms with Crippen molar-refractivity contribution in [1.82, 2.24) is 15.3 Å². The van der Waals surface area contributed by atoms with E-state index >= 15 is 0 Å². The van der Waals surface area contributed by atoms with Crippen LogP contribution in [0.4, 0.5) is 5.69 Å². The van der Waals surface area contributed by atoms with Crippen molar-refractivity contribution >= 4 is 28.5 Å². The van der Waals surface area contributed by atoms with Gasteiger partial charge in [0.15, 0.2) is 0 Å². The molecular formula is C22H26N4O3.